The van der Waals surface area contributed by atoms with Crippen molar-refractivity contribution < 1.29 is 19.1 Å². The number of methoxy groups -OCH3 is 1. The first-order valence-corrected chi connectivity index (χ1v) is 7.60. The number of hydrogen-bond donors (Lipinski definition) is 0. The van der Waals surface area contributed by atoms with Crippen LogP contribution in [-0.4, -0.2) is 19.0 Å². The molecule has 2 aromatic rings. The quantitative estimate of drug-likeness (QED) is 0.632. The molecule has 1 aliphatic rings. The predicted octanol–water partition coefficient (Wildman–Crippen LogP) is 3.76. The highest BCUT2D eigenvalue weighted by atomic mass is 35.5. The van der Waals surface area contributed by atoms with Crippen LogP contribution in [0.4, 0.5) is 0 Å². The summed E-state index contributed by atoms with van der Waals surface area (Å²) in [6.07, 6.45) is 1.48. The number of hydrogen-bond acceptors (Lipinski definition) is 4. The van der Waals surface area contributed by atoms with Gasteiger partial charge in [0.05, 0.1) is 18.1 Å². The molecule has 0 saturated heterocycles. The SMILES string of the molecule is COC(=O)c1ccc(OC(=O)C2(c3cccc(Cl)c3)CC2)cc1. The Kier molecular flexibility index (Phi) is 4.09. The molecule has 4 nitrogen and oxygen atoms in total. The lowest BCUT2D eigenvalue weighted by Gasteiger charge is -2.15. The molecule has 0 aromatic heterocycles. The maximum Gasteiger partial charge on any atom is 0.337 e. The summed E-state index contributed by atoms with van der Waals surface area (Å²) in [6.45, 7) is 0. The zero-order valence-corrected chi connectivity index (χ0v) is 13.3. The molecule has 0 bridgehead atoms. The van der Waals surface area contributed by atoms with Crippen LogP contribution in [0.2, 0.25) is 5.02 Å². The fraction of sp³-hybridized carbons (Fsp3) is 0.222. The fourth-order valence-electron chi connectivity index (χ4n) is 2.50. The van der Waals surface area contributed by atoms with Gasteiger partial charge in [-0.3, -0.25) is 4.79 Å². The summed E-state index contributed by atoms with van der Waals surface area (Å²) in [7, 11) is 1.32. The molecule has 118 valence electrons. The average Bonchev–Trinajstić information content (AvgIpc) is 3.37. The molecule has 5 heteroatoms. The molecule has 1 aliphatic carbocycles. The van der Waals surface area contributed by atoms with Crippen LogP contribution in [0.3, 0.4) is 0 Å². The van der Waals surface area contributed by atoms with Crippen molar-refractivity contribution in [2.75, 3.05) is 7.11 Å². The normalized spacial score (nSPS) is 14.9. The van der Waals surface area contributed by atoms with E-state index in [1.165, 1.54) is 7.11 Å². The number of carbonyl (C=O) groups is 2. The molecule has 0 unspecified atom stereocenters. The van der Waals surface area contributed by atoms with Gasteiger partial charge in [0.2, 0.25) is 0 Å². The molecule has 23 heavy (non-hydrogen) atoms. The second-order valence-corrected chi connectivity index (χ2v) is 5.93. The molecular formula is C18H15ClO4. The van der Waals surface area contributed by atoms with Gasteiger partial charge in [0.15, 0.2) is 0 Å². The van der Waals surface area contributed by atoms with E-state index in [0.717, 1.165) is 18.4 Å². The Morgan fingerprint density at radius 2 is 1.78 bits per heavy atom. The minimum absolute atomic E-state index is 0.300. The Morgan fingerprint density at radius 3 is 2.35 bits per heavy atom. The van der Waals surface area contributed by atoms with Crippen LogP contribution in [0.15, 0.2) is 48.5 Å². The summed E-state index contributed by atoms with van der Waals surface area (Å²) in [5, 5.41) is 0.601. The van der Waals surface area contributed by atoms with Gasteiger partial charge in [-0.15, -0.1) is 0 Å². The van der Waals surface area contributed by atoms with Crippen molar-refractivity contribution in [3.05, 3.63) is 64.7 Å². The Labute approximate surface area is 139 Å². The van der Waals surface area contributed by atoms with Crippen LogP contribution >= 0.6 is 11.6 Å². The number of ether oxygens (including phenoxy) is 2. The third-order valence-electron chi connectivity index (χ3n) is 4.00. The average molecular weight is 331 g/mol. The van der Waals surface area contributed by atoms with Crippen LogP contribution in [0.5, 0.6) is 5.75 Å². The Bertz CT molecular complexity index is 748. The number of benzene rings is 2. The van der Waals surface area contributed by atoms with Gasteiger partial charge in [-0.2, -0.15) is 0 Å². The minimum atomic E-state index is -0.605. The van der Waals surface area contributed by atoms with Crippen LogP contribution in [0, 0.1) is 0 Å². The van der Waals surface area contributed by atoms with Gasteiger partial charge in [-0.05, 0) is 54.8 Å². The molecule has 0 atom stereocenters. The Hall–Kier alpha value is -2.33. The molecule has 0 N–H and O–H groups in total. The number of carbonyl (C=O) groups excluding carboxylic acids is 2. The van der Waals surface area contributed by atoms with Crippen LogP contribution in [0.25, 0.3) is 0 Å². The topological polar surface area (TPSA) is 52.6 Å². The van der Waals surface area contributed by atoms with Gasteiger partial charge in [0.25, 0.3) is 0 Å². The highest BCUT2D eigenvalue weighted by Crippen LogP contribution is 2.49. The maximum absolute atomic E-state index is 12.5. The summed E-state index contributed by atoms with van der Waals surface area (Å²) in [5.74, 6) is -0.331. The van der Waals surface area contributed by atoms with E-state index in [-0.39, 0.29) is 5.97 Å². The van der Waals surface area contributed by atoms with Crippen LogP contribution in [-0.2, 0) is 14.9 Å². The zero-order chi connectivity index (χ0) is 16.4. The summed E-state index contributed by atoms with van der Waals surface area (Å²) in [6, 6.07) is 13.6. The monoisotopic (exact) mass is 330 g/mol. The second kappa shape index (κ2) is 6.05. The van der Waals surface area contributed by atoms with Gasteiger partial charge >= 0.3 is 11.9 Å². The van der Waals surface area contributed by atoms with Crippen molar-refractivity contribution in [2.24, 2.45) is 0 Å². The summed E-state index contributed by atoms with van der Waals surface area (Å²) >= 11 is 6.01. The summed E-state index contributed by atoms with van der Waals surface area (Å²) < 4.78 is 10.1. The third kappa shape index (κ3) is 3.08. The summed E-state index contributed by atoms with van der Waals surface area (Å²) in [5.41, 5.74) is 0.677. The molecule has 0 heterocycles. The van der Waals surface area contributed by atoms with Crippen molar-refractivity contribution in [3.63, 3.8) is 0 Å². The van der Waals surface area contributed by atoms with Gasteiger partial charge < -0.3 is 9.47 Å². The standard InChI is InChI=1S/C18H15ClO4/c1-22-16(20)12-5-7-15(8-6-12)23-17(21)18(9-10-18)13-3-2-4-14(19)11-13/h2-8,11H,9-10H2,1H3. The molecule has 2 aromatic carbocycles. The summed E-state index contributed by atoms with van der Waals surface area (Å²) in [4.78, 5) is 23.9. The van der Waals surface area contributed by atoms with Crippen LogP contribution in [0.1, 0.15) is 28.8 Å². The molecule has 3 rings (SSSR count). The molecule has 0 aliphatic heterocycles. The maximum atomic E-state index is 12.5. The van der Waals surface area contributed by atoms with E-state index in [2.05, 4.69) is 4.74 Å². The third-order valence-corrected chi connectivity index (χ3v) is 4.24. The van der Waals surface area contributed by atoms with E-state index in [4.69, 9.17) is 16.3 Å². The van der Waals surface area contributed by atoms with E-state index >= 15 is 0 Å². The fourth-order valence-corrected chi connectivity index (χ4v) is 2.69. The highest BCUT2D eigenvalue weighted by Gasteiger charge is 2.53. The second-order valence-electron chi connectivity index (χ2n) is 5.50. The van der Waals surface area contributed by atoms with Crippen LogP contribution < -0.4 is 4.74 Å². The highest BCUT2D eigenvalue weighted by molar-refractivity contribution is 6.30. The first-order valence-electron chi connectivity index (χ1n) is 7.22. The van der Waals surface area contributed by atoms with Crippen molar-refractivity contribution in [2.45, 2.75) is 18.3 Å². The molecule has 1 saturated carbocycles. The number of esters is 2. The van der Waals surface area contributed by atoms with Crippen molar-refractivity contribution in [1.82, 2.24) is 0 Å². The van der Waals surface area contributed by atoms with Crippen molar-refractivity contribution in [3.8, 4) is 5.75 Å². The van der Waals surface area contributed by atoms with E-state index in [0.29, 0.717) is 16.3 Å². The minimum Gasteiger partial charge on any atom is -0.465 e. The molecule has 0 spiro atoms. The zero-order valence-electron chi connectivity index (χ0n) is 12.5. The first-order chi connectivity index (χ1) is 11.0. The van der Waals surface area contributed by atoms with Gasteiger partial charge in [0, 0.05) is 5.02 Å². The van der Waals surface area contributed by atoms with E-state index in [1.807, 2.05) is 12.1 Å². The van der Waals surface area contributed by atoms with Gasteiger partial charge in [-0.25, -0.2) is 4.79 Å². The molecule has 0 amide bonds. The van der Waals surface area contributed by atoms with Crippen molar-refractivity contribution in [1.29, 1.82) is 0 Å². The lowest BCUT2D eigenvalue weighted by molar-refractivity contribution is -0.137. The van der Waals surface area contributed by atoms with E-state index < -0.39 is 11.4 Å². The van der Waals surface area contributed by atoms with E-state index in [9.17, 15) is 9.59 Å². The lowest BCUT2D eigenvalue weighted by Crippen LogP contribution is -2.25. The number of halogens is 1. The Balaban J connectivity index is 1.75. The molecular weight excluding hydrogens is 316 g/mol. The lowest BCUT2D eigenvalue weighted by atomic mass is 9.96. The first kappa shape index (κ1) is 15.6. The predicted molar refractivity (Wildman–Crippen MR) is 85.8 cm³/mol. The molecule has 1 fully saturated rings. The Morgan fingerprint density at radius 1 is 1.09 bits per heavy atom. The molecule has 0 radical (unpaired) electrons. The number of rotatable bonds is 4. The largest absolute Gasteiger partial charge is 0.465 e. The van der Waals surface area contributed by atoms with Gasteiger partial charge in [0.1, 0.15) is 5.75 Å². The van der Waals surface area contributed by atoms with Crippen molar-refractivity contribution >= 4 is 23.5 Å². The van der Waals surface area contributed by atoms with E-state index in [1.54, 1.807) is 36.4 Å². The smallest absolute Gasteiger partial charge is 0.337 e. The van der Waals surface area contributed by atoms with Gasteiger partial charge in [-0.1, -0.05) is 23.7 Å².